The van der Waals surface area contributed by atoms with Crippen molar-refractivity contribution in [1.29, 1.82) is 0 Å². The van der Waals surface area contributed by atoms with E-state index in [1.165, 1.54) is 6.08 Å². The van der Waals surface area contributed by atoms with E-state index in [2.05, 4.69) is 67.0 Å². The van der Waals surface area contributed by atoms with Gasteiger partial charge in [-0.05, 0) is 64.2 Å². The van der Waals surface area contributed by atoms with Gasteiger partial charge in [0, 0.05) is 12.8 Å². The fraction of sp³-hybridized carbons (Fsp3) is 0.587. The number of carbonyl (C=O) groups is 3. The van der Waals surface area contributed by atoms with Gasteiger partial charge in [-0.2, -0.15) is 0 Å². The minimum atomic E-state index is -4.81. The number of carbonyl (C=O) groups excluding carboxylic acids is 2. The SMILES string of the molecule is CC/C=C\C/C=C\C/C=C\C/C=C\CCCCCCC(=O)O[C@H](COC(=O)CCC[C@@H](O)[C@H](O)/C=C/C=C/C=C\C=C\[C@H](O)CCCCC)COP(=O)(O)OC[C@H](N)C(=O)O. The van der Waals surface area contributed by atoms with E-state index in [0.717, 1.165) is 77.0 Å². The number of nitrogens with two attached hydrogens (primary N) is 1. The van der Waals surface area contributed by atoms with E-state index in [9.17, 15) is 39.2 Å². The third-order valence-electron chi connectivity index (χ3n) is 8.68. The van der Waals surface area contributed by atoms with Crippen LogP contribution in [0, 0.1) is 0 Å². The van der Waals surface area contributed by atoms with Crippen LogP contribution in [0.5, 0.6) is 0 Å². The van der Waals surface area contributed by atoms with Gasteiger partial charge < -0.3 is 40.5 Å². The first-order valence-corrected chi connectivity index (χ1v) is 23.1. The highest BCUT2D eigenvalue weighted by Crippen LogP contribution is 2.43. The molecule has 0 spiro atoms. The number of carboxylic acids is 1. The van der Waals surface area contributed by atoms with Gasteiger partial charge in [0.2, 0.25) is 0 Å². The van der Waals surface area contributed by atoms with Crippen LogP contribution in [0.3, 0.4) is 0 Å². The number of aliphatic carboxylic acids is 1. The number of hydrogen-bond donors (Lipinski definition) is 6. The number of allylic oxidation sites excluding steroid dienone is 14. The van der Waals surface area contributed by atoms with Gasteiger partial charge in [0.25, 0.3) is 0 Å². The Labute approximate surface area is 363 Å². The molecule has 15 heteroatoms. The van der Waals surface area contributed by atoms with Gasteiger partial charge in [0.1, 0.15) is 12.6 Å². The van der Waals surface area contributed by atoms with Gasteiger partial charge in [-0.25, -0.2) is 4.57 Å². The van der Waals surface area contributed by atoms with Crippen LogP contribution in [0.15, 0.2) is 97.2 Å². The van der Waals surface area contributed by atoms with Crippen LogP contribution in [0.4, 0.5) is 0 Å². The maximum atomic E-state index is 12.6. The minimum absolute atomic E-state index is 0.0535. The summed E-state index contributed by atoms with van der Waals surface area (Å²) in [5.74, 6) is -2.80. The Morgan fingerprint density at radius 3 is 1.85 bits per heavy atom. The molecule has 0 bridgehead atoms. The maximum absolute atomic E-state index is 12.6. The highest BCUT2D eigenvalue weighted by Gasteiger charge is 2.28. The van der Waals surface area contributed by atoms with Crippen molar-refractivity contribution in [3.05, 3.63) is 97.2 Å². The maximum Gasteiger partial charge on any atom is 0.472 e. The number of unbranched alkanes of at least 4 members (excludes halogenated alkanes) is 6. The largest absolute Gasteiger partial charge is 0.480 e. The molecule has 1 unspecified atom stereocenters. The molecule has 0 heterocycles. The van der Waals surface area contributed by atoms with Crippen molar-refractivity contribution in [1.82, 2.24) is 0 Å². The van der Waals surface area contributed by atoms with Crippen LogP contribution >= 0.6 is 7.82 Å². The summed E-state index contributed by atoms with van der Waals surface area (Å²) in [5.41, 5.74) is 5.31. The molecule has 14 nitrogen and oxygen atoms in total. The number of rotatable bonds is 38. The van der Waals surface area contributed by atoms with Gasteiger partial charge in [-0.15, -0.1) is 0 Å². The average Bonchev–Trinajstić information content (AvgIpc) is 3.22. The quantitative estimate of drug-likeness (QED) is 0.0113. The lowest BCUT2D eigenvalue weighted by atomic mass is 10.1. The Morgan fingerprint density at radius 2 is 1.21 bits per heavy atom. The van der Waals surface area contributed by atoms with E-state index in [4.69, 9.17) is 24.8 Å². The highest BCUT2D eigenvalue weighted by molar-refractivity contribution is 7.47. The van der Waals surface area contributed by atoms with E-state index in [1.54, 1.807) is 42.5 Å². The van der Waals surface area contributed by atoms with E-state index >= 15 is 0 Å². The molecule has 0 aliphatic carbocycles. The number of carboxylic acid groups (broad SMARTS) is 1. The lowest BCUT2D eigenvalue weighted by Crippen LogP contribution is -2.34. The molecule has 0 saturated heterocycles. The molecule has 0 fully saturated rings. The van der Waals surface area contributed by atoms with Crippen LogP contribution < -0.4 is 5.73 Å². The molecular weight excluding hydrogens is 805 g/mol. The second-order valence-corrected chi connectivity index (χ2v) is 15.8. The molecule has 0 radical (unpaired) electrons. The van der Waals surface area contributed by atoms with E-state index in [1.807, 2.05) is 0 Å². The molecule has 0 aromatic rings. The van der Waals surface area contributed by atoms with Crippen molar-refractivity contribution in [3.8, 4) is 0 Å². The molecule has 0 aliphatic heterocycles. The molecule has 61 heavy (non-hydrogen) atoms. The molecule has 346 valence electrons. The monoisotopic (exact) mass is 879 g/mol. The molecule has 0 aromatic carbocycles. The van der Waals surface area contributed by atoms with E-state index in [0.29, 0.717) is 6.42 Å². The number of hydrogen-bond acceptors (Lipinski definition) is 12. The standard InChI is InChI=1S/C46H74NO13P/c1-3-5-7-8-9-10-11-12-13-14-15-16-17-18-19-24-28-34-45(52)60-40(37-58-61(55,56)59-38-41(47)46(53)54)36-57-44(51)35-29-33-43(50)42(49)32-27-23-21-20-22-26-31-39(48)30-25-6-4-2/h5,7,9-10,12-13,15-16,20-23,26-27,31-32,39-43,48-50H,3-4,6,8,11,14,17-19,24-25,28-30,33-38,47H2,1-2H3,(H,53,54)(H,55,56)/b7-5-,10-9-,13-12-,16-15-,22-20-,23-21+,31-26+,32-27+/t39-,40-,41+,42-,43-/m1/s1. The summed E-state index contributed by atoms with van der Waals surface area (Å²) < 4.78 is 32.4. The number of aliphatic hydroxyl groups is 3. The Hall–Kier alpha value is -3.72. The predicted molar refractivity (Wildman–Crippen MR) is 239 cm³/mol. The second-order valence-electron chi connectivity index (χ2n) is 14.3. The first-order chi connectivity index (χ1) is 29.3. The van der Waals surface area contributed by atoms with Crippen LogP contribution in [-0.2, 0) is 37.5 Å². The summed E-state index contributed by atoms with van der Waals surface area (Å²) in [6.45, 7) is 2.18. The predicted octanol–water partition coefficient (Wildman–Crippen LogP) is 8.19. The van der Waals surface area contributed by atoms with Crippen LogP contribution in [-0.4, -0.2) is 93.5 Å². The highest BCUT2D eigenvalue weighted by atomic mass is 31.2. The molecule has 6 atom stereocenters. The minimum Gasteiger partial charge on any atom is -0.480 e. The zero-order valence-corrected chi connectivity index (χ0v) is 37.2. The van der Waals surface area contributed by atoms with Crippen LogP contribution in [0.25, 0.3) is 0 Å². The van der Waals surface area contributed by atoms with Gasteiger partial charge in [-0.3, -0.25) is 23.4 Å². The molecule has 7 N–H and O–H groups in total. The zero-order chi connectivity index (χ0) is 45.4. The van der Waals surface area contributed by atoms with Gasteiger partial charge in [-0.1, -0.05) is 143 Å². The summed E-state index contributed by atoms with van der Waals surface area (Å²) in [7, 11) is -4.81. The molecule has 0 amide bonds. The smallest absolute Gasteiger partial charge is 0.472 e. The second kappa shape index (κ2) is 39.1. The molecular formula is C46H74NO13P. The zero-order valence-electron chi connectivity index (χ0n) is 36.3. The normalized spacial score (nSPS) is 16.2. The average molecular weight is 880 g/mol. The first kappa shape index (κ1) is 57.3. The van der Waals surface area contributed by atoms with Crippen molar-refractivity contribution >= 4 is 25.7 Å². The number of aliphatic hydroxyl groups excluding tert-OH is 3. The summed E-state index contributed by atoms with van der Waals surface area (Å²) in [4.78, 5) is 46.0. The Balaban J connectivity index is 4.75. The Kier molecular flexibility index (Phi) is 36.8. The Morgan fingerprint density at radius 1 is 0.639 bits per heavy atom. The number of ether oxygens (including phenoxy) is 2. The fourth-order valence-electron chi connectivity index (χ4n) is 5.14. The van der Waals surface area contributed by atoms with Gasteiger partial charge in [0.15, 0.2) is 6.10 Å². The summed E-state index contributed by atoms with van der Waals surface area (Å²) >= 11 is 0. The third kappa shape index (κ3) is 37.7. The lowest BCUT2D eigenvalue weighted by molar-refractivity contribution is -0.161. The summed E-state index contributed by atoms with van der Waals surface area (Å²) in [6.07, 6.45) is 38.4. The molecule has 0 aliphatic rings. The lowest BCUT2D eigenvalue weighted by Gasteiger charge is -2.20. The van der Waals surface area contributed by atoms with E-state index < -0.39 is 76.0 Å². The van der Waals surface area contributed by atoms with Gasteiger partial charge >= 0.3 is 25.7 Å². The van der Waals surface area contributed by atoms with Crippen molar-refractivity contribution in [2.45, 2.75) is 153 Å². The first-order valence-electron chi connectivity index (χ1n) is 21.6. The van der Waals surface area contributed by atoms with Crippen molar-refractivity contribution in [2.75, 3.05) is 19.8 Å². The van der Waals surface area contributed by atoms with Crippen molar-refractivity contribution in [3.63, 3.8) is 0 Å². The fourth-order valence-corrected chi connectivity index (χ4v) is 5.92. The third-order valence-corrected chi connectivity index (χ3v) is 9.63. The number of esters is 2. The number of phosphoric acid groups is 1. The van der Waals surface area contributed by atoms with Crippen molar-refractivity contribution in [2.24, 2.45) is 5.73 Å². The summed E-state index contributed by atoms with van der Waals surface area (Å²) in [5, 5.41) is 39.3. The van der Waals surface area contributed by atoms with Crippen LogP contribution in [0.1, 0.15) is 123 Å². The topological polar surface area (TPSA) is 232 Å². The molecule has 0 saturated carbocycles. The van der Waals surface area contributed by atoms with Crippen LogP contribution in [0.2, 0.25) is 0 Å². The molecule has 0 aromatic heterocycles. The van der Waals surface area contributed by atoms with Gasteiger partial charge in [0.05, 0.1) is 31.5 Å². The number of phosphoric ester groups is 1. The molecule has 0 rings (SSSR count). The van der Waals surface area contributed by atoms with E-state index in [-0.39, 0.29) is 25.7 Å². The van der Waals surface area contributed by atoms with Crippen molar-refractivity contribution < 1.29 is 62.8 Å². The Bertz CT molecular complexity index is 1450. The summed E-state index contributed by atoms with van der Waals surface area (Å²) in [6, 6.07) is -1.58.